The van der Waals surface area contributed by atoms with Crippen molar-refractivity contribution in [2.75, 3.05) is 21.3 Å². The molecule has 0 saturated heterocycles. The molecule has 0 atom stereocenters. The zero-order valence-electron chi connectivity index (χ0n) is 18.1. The summed E-state index contributed by atoms with van der Waals surface area (Å²) in [7, 11) is 4.52. The first-order valence-electron chi connectivity index (χ1n) is 9.89. The van der Waals surface area contributed by atoms with Crippen LogP contribution in [0, 0.1) is 5.82 Å². The maximum atomic E-state index is 14.0. The first-order valence-corrected chi connectivity index (χ1v) is 10.3. The van der Waals surface area contributed by atoms with Crippen LogP contribution in [0.15, 0.2) is 54.3 Å². The molecule has 1 aliphatic heterocycles. The monoisotopic (exact) mass is 470 g/mol. The number of Topliss-reactive ketones (excluding diaryl/α,β-unsaturated/α-hetero) is 1. The molecule has 0 spiro atoms. The van der Waals surface area contributed by atoms with Crippen LogP contribution in [0.25, 0.3) is 6.08 Å². The van der Waals surface area contributed by atoms with Crippen molar-refractivity contribution >= 4 is 23.5 Å². The zero-order valence-corrected chi connectivity index (χ0v) is 18.9. The van der Waals surface area contributed by atoms with Gasteiger partial charge >= 0.3 is 0 Å². The van der Waals surface area contributed by atoms with Crippen LogP contribution in [-0.2, 0) is 6.61 Å². The van der Waals surface area contributed by atoms with Crippen molar-refractivity contribution in [3.63, 3.8) is 0 Å². The van der Waals surface area contributed by atoms with Gasteiger partial charge in [-0.15, -0.1) is 0 Å². The van der Waals surface area contributed by atoms with Crippen LogP contribution in [0.2, 0.25) is 5.02 Å². The molecular formula is C25H20ClFO6. The molecule has 0 bridgehead atoms. The van der Waals surface area contributed by atoms with Gasteiger partial charge in [0, 0.05) is 17.2 Å². The summed E-state index contributed by atoms with van der Waals surface area (Å²) in [6.07, 6.45) is 1.57. The summed E-state index contributed by atoms with van der Waals surface area (Å²) in [5.74, 6) is 1.42. The second-order valence-corrected chi connectivity index (χ2v) is 7.42. The minimum Gasteiger partial charge on any atom is -0.493 e. The maximum absolute atomic E-state index is 14.0. The number of halogens is 2. The summed E-state index contributed by atoms with van der Waals surface area (Å²) in [5.41, 5.74) is 1.21. The van der Waals surface area contributed by atoms with Crippen molar-refractivity contribution in [3.05, 3.63) is 81.8 Å². The Kier molecular flexibility index (Phi) is 6.42. The van der Waals surface area contributed by atoms with Gasteiger partial charge in [0.2, 0.25) is 11.5 Å². The Hall–Kier alpha value is -3.71. The highest BCUT2D eigenvalue weighted by molar-refractivity contribution is 6.31. The first-order chi connectivity index (χ1) is 16.0. The van der Waals surface area contributed by atoms with Gasteiger partial charge in [-0.2, -0.15) is 0 Å². The third kappa shape index (κ3) is 4.32. The van der Waals surface area contributed by atoms with Crippen LogP contribution < -0.4 is 23.7 Å². The Morgan fingerprint density at radius 2 is 1.79 bits per heavy atom. The average molecular weight is 471 g/mol. The van der Waals surface area contributed by atoms with E-state index in [-0.39, 0.29) is 28.7 Å². The number of ketones is 1. The van der Waals surface area contributed by atoms with E-state index >= 15 is 0 Å². The molecule has 170 valence electrons. The van der Waals surface area contributed by atoms with Crippen molar-refractivity contribution < 1.29 is 32.9 Å². The molecule has 0 fully saturated rings. The molecule has 33 heavy (non-hydrogen) atoms. The highest BCUT2D eigenvalue weighted by atomic mass is 35.5. The lowest BCUT2D eigenvalue weighted by Gasteiger charge is -2.14. The van der Waals surface area contributed by atoms with Crippen molar-refractivity contribution in [3.8, 4) is 28.7 Å². The highest BCUT2D eigenvalue weighted by Gasteiger charge is 2.29. The standard InChI is InChI=1S/C25H20ClFO6/c1-29-20-10-7-14(24(30-2)25(20)31-3)11-22-23(28)16-9-8-15(12-21(16)33-22)32-13-17-18(26)5-4-6-19(17)27/h4-12H,13H2,1-3H3/b22-11-. The van der Waals surface area contributed by atoms with Crippen LogP contribution >= 0.6 is 11.6 Å². The van der Waals surface area contributed by atoms with Gasteiger partial charge in [-0.3, -0.25) is 4.79 Å². The third-order valence-corrected chi connectivity index (χ3v) is 5.46. The minimum atomic E-state index is -0.454. The second kappa shape index (κ2) is 9.42. The van der Waals surface area contributed by atoms with Gasteiger partial charge in [-0.1, -0.05) is 17.7 Å². The summed E-state index contributed by atoms with van der Waals surface area (Å²) in [6.45, 7) is -0.0657. The van der Waals surface area contributed by atoms with E-state index in [1.165, 1.54) is 33.5 Å². The number of fused-ring (bicyclic) bond motifs is 1. The molecular weight excluding hydrogens is 451 g/mol. The van der Waals surface area contributed by atoms with Crippen molar-refractivity contribution in [1.29, 1.82) is 0 Å². The Morgan fingerprint density at radius 1 is 1.00 bits per heavy atom. The van der Waals surface area contributed by atoms with Crippen LogP contribution in [0.1, 0.15) is 21.5 Å². The van der Waals surface area contributed by atoms with E-state index in [9.17, 15) is 9.18 Å². The number of hydrogen-bond acceptors (Lipinski definition) is 6. The molecule has 1 aliphatic rings. The fourth-order valence-corrected chi connectivity index (χ4v) is 3.68. The van der Waals surface area contributed by atoms with Crippen LogP contribution in [0.4, 0.5) is 4.39 Å². The molecule has 0 radical (unpaired) electrons. The van der Waals surface area contributed by atoms with Crippen molar-refractivity contribution in [2.24, 2.45) is 0 Å². The third-order valence-electron chi connectivity index (χ3n) is 5.11. The molecule has 6 nitrogen and oxygen atoms in total. The molecule has 1 heterocycles. The van der Waals surface area contributed by atoms with E-state index in [4.69, 9.17) is 35.3 Å². The topological polar surface area (TPSA) is 63.2 Å². The van der Waals surface area contributed by atoms with Gasteiger partial charge < -0.3 is 23.7 Å². The highest BCUT2D eigenvalue weighted by Crippen LogP contribution is 2.42. The molecule has 0 unspecified atom stereocenters. The summed E-state index contributed by atoms with van der Waals surface area (Å²) >= 11 is 6.05. The Morgan fingerprint density at radius 3 is 2.48 bits per heavy atom. The van der Waals surface area contributed by atoms with Crippen molar-refractivity contribution in [2.45, 2.75) is 6.61 Å². The maximum Gasteiger partial charge on any atom is 0.231 e. The van der Waals surface area contributed by atoms with Gasteiger partial charge in [0.25, 0.3) is 0 Å². The Balaban J connectivity index is 1.59. The SMILES string of the molecule is COc1ccc(/C=C2\Oc3cc(OCc4c(F)cccc4Cl)ccc3C2=O)c(OC)c1OC. The summed E-state index contributed by atoms with van der Waals surface area (Å²) in [5, 5.41) is 0.275. The van der Waals surface area contributed by atoms with E-state index in [0.717, 1.165) is 0 Å². The number of benzene rings is 3. The zero-order chi connectivity index (χ0) is 23.5. The summed E-state index contributed by atoms with van der Waals surface area (Å²) in [4.78, 5) is 12.9. The summed E-state index contributed by atoms with van der Waals surface area (Å²) < 4.78 is 41.6. The molecule has 3 aromatic rings. The molecule has 0 aromatic heterocycles. The predicted molar refractivity (Wildman–Crippen MR) is 121 cm³/mol. The minimum absolute atomic E-state index is 0.0657. The number of allylic oxidation sites excluding steroid dienone is 1. The number of carbonyl (C=O) groups is 1. The lowest BCUT2D eigenvalue weighted by molar-refractivity contribution is 0.101. The van der Waals surface area contributed by atoms with Gasteiger partial charge in [-0.25, -0.2) is 4.39 Å². The molecule has 0 amide bonds. The molecule has 8 heteroatoms. The van der Waals surface area contributed by atoms with E-state index in [0.29, 0.717) is 39.9 Å². The fraction of sp³-hybridized carbons (Fsp3) is 0.160. The Labute approximate surface area is 195 Å². The van der Waals surface area contributed by atoms with Crippen LogP contribution in [0.5, 0.6) is 28.7 Å². The predicted octanol–water partition coefficient (Wildman–Crippen LogP) is 5.70. The van der Waals surface area contributed by atoms with Crippen LogP contribution in [-0.4, -0.2) is 27.1 Å². The van der Waals surface area contributed by atoms with E-state index in [2.05, 4.69) is 0 Å². The quantitative estimate of drug-likeness (QED) is 0.413. The lowest BCUT2D eigenvalue weighted by atomic mass is 10.1. The smallest absolute Gasteiger partial charge is 0.231 e. The normalized spacial score (nSPS) is 13.5. The molecule has 0 aliphatic carbocycles. The largest absolute Gasteiger partial charge is 0.493 e. The number of hydrogen-bond donors (Lipinski definition) is 0. The van der Waals surface area contributed by atoms with Gasteiger partial charge in [0.05, 0.1) is 31.9 Å². The van der Waals surface area contributed by atoms with Crippen LogP contribution in [0.3, 0.4) is 0 Å². The van der Waals surface area contributed by atoms with E-state index in [1.54, 1.807) is 42.5 Å². The second-order valence-electron chi connectivity index (χ2n) is 7.01. The lowest BCUT2D eigenvalue weighted by Crippen LogP contribution is -2.00. The fourth-order valence-electron chi connectivity index (χ4n) is 3.46. The van der Waals surface area contributed by atoms with Gasteiger partial charge in [0.15, 0.2) is 17.3 Å². The molecule has 4 rings (SSSR count). The van der Waals surface area contributed by atoms with Crippen molar-refractivity contribution in [1.82, 2.24) is 0 Å². The molecule has 0 saturated carbocycles. The van der Waals surface area contributed by atoms with Gasteiger partial charge in [-0.05, 0) is 42.5 Å². The first kappa shape index (κ1) is 22.5. The molecule has 3 aromatic carbocycles. The van der Waals surface area contributed by atoms with Gasteiger partial charge in [0.1, 0.15) is 23.9 Å². The number of ether oxygens (including phenoxy) is 5. The number of methoxy groups -OCH3 is 3. The van der Waals surface area contributed by atoms with E-state index < -0.39 is 5.82 Å². The Bertz CT molecular complexity index is 1230. The number of rotatable bonds is 7. The van der Waals surface area contributed by atoms with E-state index in [1.807, 2.05) is 0 Å². The summed E-state index contributed by atoms with van der Waals surface area (Å²) in [6, 6.07) is 12.7. The molecule has 0 N–H and O–H groups in total. The average Bonchev–Trinajstić information content (AvgIpc) is 3.12. The number of carbonyl (C=O) groups excluding carboxylic acids is 1.